The zero-order valence-electron chi connectivity index (χ0n) is 15.8. The Kier molecular flexibility index (Phi) is 4.85. The minimum absolute atomic E-state index is 0.0117. The van der Waals surface area contributed by atoms with Crippen LogP contribution in [0.4, 0.5) is 0 Å². The van der Waals surface area contributed by atoms with Gasteiger partial charge in [0.1, 0.15) is 5.75 Å². The number of aromatic nitrogens is 1. The van der Waals surface area contributed by atoms with E-state index >= 15 is 0 Å². The first kappa shape index (κ1) is 17.9. The molecule has 2 saturated heterocycles. The van der Waals surface area contributed by atoms with E-state index in [-0.39, 0.29) is 11.8 Å². The van der Waals surface area contributed by atoms with E-state index in [1.807, 2.05) is 54.5 Å². The van der Waals surface area contributed by atoms with Gasteiger partial charge in [-0.2, -0.15) is 0 Å². The summed E-state index contributed by atoms with van der Waals surface area (Å²) in [6.07, 6.45) is 3.61. The van der Waals surface area contributed by atoms with Gasteiger partial charge in [0.25, 0.3) is 5.91 Å². The van der Waals surface area contributed by atoms with E-state index in [2.05, 4.69) is 9.88 Å². The Balaban J connectivity index is 1.59. The van der Waals surface area contributed by atoms with Gasteiger partial charge >= 0.3 is 0 Å². The summed E-state index contributed by atoms with van der Waals surface area (Å²) in [5.41, 5.74) is 1.31. The van der Waals surface area contributed by atoms with E-state index in [0.717, 1.165) is 23.4 Å². The summed E-state index contributed by atoms with van der Waals surface area (Å²) in [5.74, 6) is 0.878. The van der Waals surface area contributed by atoms with Crippen LogP contribution in [0.2, 0.25) is 0 Å². The number of carbonyl (C=O) groups excluding carboxylic acids is 1. The van der Waals surface area contributed by atoms with Crippen LogP contribution in [-0.4, -0.2) is 66.7 Å². The molecule has 4 rings (SSSR count). The number of likely N-dealkylation sites (tertiary alicyclic amines) is 1. The molecule has 1 aromatic heterocycles. The zero-order valence-corrected chi connectivity index (χ0v) is 15.8. The van der Waals surface area contributed by atoms with Gasteiger partial charge in [-0.05, 0) is 36.4 Å². The normalized spacial score (nSPS) is 25.9. The highest BCUT2D eigenvalue weighted by Crippen LogP contribution is 2.41. The first-order chi connectivity index (χ1) is 13.1. The number of morpholine rings is 1. The molecule has 142 valence electrons. The smallest absolute Gasteiger partial charge is 0.257 e. The molecule has 1 amide bonds. The molecule has 2 atom stereocenters. The Morgan fingerprint density at radius 2 is 2.11 bits per heavy atom. The molecule has 2 fully saturated rings. The van der Waals surface area contributed by atoms with Gasteiger partial charge in [0.2, 0.25) is 0 Å². The molecule has 6 nitrogen and oxygen atoms in total. The van der Waals surface area contributed by atoms with E-state index < -0.39 is 5.60 Å². The van der Waals surface area contributed by atoms with Crippen LogP contribution in [0.25, 0.3) is 0 Å². The van der Waals surface area contributed by atoms with Crippen molar-refractivity contribution in [3.63, 3.8) is 0 Å². The third kappa shape index (κ3) is 3.31. The number of rotatable bonds is 4. The Hall–Kier alpha value is -2.44. The molecule has 2 aromatic rings. The number of methoxy groups -OCH3 is 1. The van der Waals surface area contributed by atoms with Gasteiger partial charge in [0, 0.05) is 44.5 Å². The number of carbonyl (C=O) groups is 1. The summed E-state index contributed by atoms with van der Waals surface area (Å²) in [4.78, 5) is 21.9. The fourth-order valence-electron chi connectivity index (χ4n) is 4.23. The third-order valence-corrected chi connectivity index (χ3v) is 5.55. The lowest BCUT2D eigenvalue weighted by atomic mass is 9.83. The van der Waals surface area contributed by atoms with Gasteiger partial charge in [-0.25, -0.2) is 0 Å². The number of benzene rings is 1. The molecule has 2 aliphatic heterocycles. The predicted molar refractivity (Wildman–Crippen MR) is 102 cm³/mol. The summed E-state index contributed by atoms with van der Waals surface area (Å²) in [6.45, 7) is 3.12. The van der Waals surface area contributed by atoms with E-state index in [0.29, 0.717) is 26.2 Å². The molecule has 27 heavy (non-hydrogen) atoms. The molecule has 0 radical (unpaired) electrons. The van der Waals surface area contributed by atoms with E-state index in [1.54, 1.807) is 13.3 Å². The molecule has 0 saturated carbocycles. The Morgan fingerprint density at radius 1 is 1.30 bits per heavy atom. The van der Waals surface area contributed by atoms with Crippen molar-refractivity contribution in [2.24, 2.45) is 0 Å². The molecule has 1 aromatic carbocycles. The van der Waals surface area contributed by atoms with Crippen LogP contribution in [0.15, 0.2) is 48.8 Å². The quantitative estimate of drug-likeness (QED) is 0.826. The van der Waals surface area contributed by atoms with Crippen molar-refractivity contribution in [1.29, 1.82) is 0 Å². The highest BCUT2D eigenvalue weighted by molar-refractivity contribution is 5.88. The summed E-state index contributed by atoms with van der Waals surface area (Å²) < 4.78 is 11.4. The number of amides is 1. The molecule has 2 aliphatic rings. The first-order valence-corrected chi connectivity index (χ1v) is 9.27. The standard InChI is InChI=1S/C21H25N3O3/c1-23-14-19(17-4-3-9-22-12-17)21(15-23)20(25)24(10-11-27-21)13-16-5-7-18(26-2)8-6-16/h3-9,12,19H,10-11,13-15H2,1-2H3/t19-,21-/m0/s1. The maximum Gasteiger partial charge on any atom is 0.257 e. The molecule has 0 bridgehead atoms. The highest BCUT2D eigenvalue weighted by Gasteiger charge is 2.56. The van der Waals surface area contributed by atoms with Crippen LogP contribution < -0.4 is 4.74 Å². The summed E-state index contributed by atoms with van der Waals surface area (Å²) >= 11 is 0. The molecule has 6 heteroatoms. The van der Waals surface area contributed by atoms with Crippen LogP contribution in [0.5, 0.6) is 5.75 Å². The minimum atomic E-state index is -0.831. The topological polar surface area (TPSA) is 54.9 Å². The number of likely N-dealkylation sites (N-methyl/N-ethyl adjacent to an activating group) is 1. The van der Waals surface area contributed by atoms with Gasteiger partial charge in [-0.3, -0.25) is 9.78 Å². The SMILES string of the molecule is COc1ccc(CN2CCO[C@]3(CN(C)C[C@H]3c3cccnc3)C2=O)cc1. The van der Waals surface area contributed by atoms with E-state index in [4.69, 9.17) is 9.47 Å². The third-order valence-electron chi connectivity index (χ3n) is 5.55. The maximum atomic E-state index is 13.5. The average molecular weight is 367 g/mol. The van der Waals surface area contributed by atoms with Crippen molar-refractivity contribution in [2.45, 2.75) is 18.1 Å². The molecule has 0 N–H and O–H groups in total. The number of ether oxygens (including phenoxy) is 2. The van der Waals surface area contributed by atoms with Gasteiger partial charge in [0.05, 0.1) is 13.7 Å². The average Bonchev–Trinajstić information content (AvgIpc) is 3.04. The van der Waals surface area contributed by atoms with Crippen molar-refractivity contribution in [3.8, 4) is 5.75 Å². The molecule has 0 unspecified atom stereocenters. The molecular weight excluding hydrogens is 342 g/mol. The molecule has 1 spiro atoms. The Bertz CT molecular complexity index is 796. The minimum Gasteiger partial charge on any atom is -0.497 e. The summed E-state index contributed by atoms with van der Waals surface area (Å²) in [7, 11) is 3.69. The Labute approximate surface area is 159 Å². The molecule has 3 heterocycles. The van der Waals surface area contributed by atoms with Crippen molar-refractivity contribution >= 4 is 5.91 Å². The summed E-state index contributed by atoms with van der Waals surface area (Å²) in [5, 5.41) is 0. The highest BCUT2D eigenvalue weighted by atomic mass is 16.5. The van der Waals surface area contributed by atoms with Crippen LogP contribution in [0.1, 0.15) is 17.0 Å². The van der Waals surface area contributed by atoms with Gasteiger partial charge < -0.3 is 19.3 Å². The van der Waals surface area contributed by atoms with Crippen molar-refractivity contribution < 1.29 is 14.3 Å². The van der Waals surface area contributed by atoms with Crippen LogP contribution >= 0.6 is 0 Å². The Morgan fingerprint density at radius 3 is 2.81 bits per heavy atom. The predicted octanol–water partition coefficient (Wildman–Crippen LogP) is 1.92. The second kappa shape index (κ2) is 7.29. The first-order valence-electron chi connectivity index (χ1n) is 9.27. The largest absolute Gasteiger partial charge is 0.497 e. The fraction of sp³-hybridized carbons (Fsp3) is 0.429. The van der Waals surface area contributed by atoms with Gasteiger partial charge in [-0.1, -0.05) is 18.2 Å². The van der Waals surface area contributed by atoms with Crippen LogP contribution in [-0.2, 0) is 16.1 Å². The second-order valence-electron chi connectivity index (χ2n) is 7.35. The van der Waals surface area contributed by atoms with Crippen molar-refractivity contribution in [1.82, 2.24) is 14.8 Å². The van der Waals surface area contributed by atoms with Crippen molar-refractivity contribution in [3.05, 3.63) is 59.9 Å². The van der Waals surface area contributed by atoms with Crippen LogP contribution in [0, 0.1) is 0 Å². The number of nitrogens with zero attached hydrogens (tertiary/aromatic N) is 3. The lowest BCUT2D eigenvalue weighted by Gasteiger charge is -2.42. The summed E-state index contributed by atoms with van der Waals surface area (Å²) in [6, 6.07) is 11.8. The fourth-order valence-corrected chi connectivity index (χ4v) is 4.23. The molecular formula is C21H25N3O3. The lowest BCUT2D eigenvalue weighted by molar-refractivity contribution is -0.172. The van der Waals surface area contributed by atoms with Crippen molar-refractivity contribution in [2.75, 3.05) is 40.4 Å². The zero-order chi connectivity index (χ0) is 18.9. The lowest BCUT2D eigenvalue weighted by Crippen LogP contribution is -2.59. The van der Waals surface area contributed by atoms with E-state index in [9.17, 15) is 4.79 Å². The van der Waals surface area contributed by atoms with Gasteiger partial charge in [0.15, 0.2) is 5.60 Å². The monoisotopic (exact) mass is 367 g/mol. The number of hydrogen-bond donors (Lipinski definition) is 0. The second-order valence-corrected chi connectivity index (χ2v) is 7.35. The van der Waals surface area contributed by atoms with Crippen LogP contribution in [0.3, 0.4) is 0 Å². The van der Waals surface area contributed by atoms with Gasteiger partial charge in [-0.15, -0.1) is 0 Å². The number of hydrogen-bond acceptors (Lipinski definition) is 5. The maximum absolute atomic E-state index is 13.5. The van der Waals surface area contributed by atoms with E-state index in [1.165, 1.54) is 0 Å². The number of pyridine rings is 1. The molecule has 0 aliphatic carbocycles.